The molecular formula is C8H21NO2. The van der Waals surface area contributed by atoms with Gasteiger partial charge in [0.25, 0.3) is 0 Å². The van der Waals surface area contributed by atoms with Gasteiger partial charge in [-0.2, -0.15) is 0 Å². The highest BCUT2D eigenvalue weighted by Gasteiger charge is 2.17. The minimum Gasteiger partial charge on any atom is -0.307 e. The van der Waals surface area contributed by atoms with E-state index in [0.717, 1.165) is 0 Å². The fourth-order valence-corrected chi connectivity index (χ4v) is 1.12. The van der Waals surface area contributed by atoms with Crippen LogP contribution >= 0.6 is 0 Å². The molecular weight excluding hydrogens is 142 g/mol. The monoisotopic (exact) mass is 163 g/mol. The molecule has 0 rings (SSSR count). The van der Waals surface area contributed by atoms with Gasteiger partial charge in [-0.05, 0) is 41.5 Å². The Morgan fingerprint density at radius 2 is 0.909 bits per heavy atom. The molecule has 0 aliphatic heterocycles. The van der Waals surface area contributed by atoms with Crippen LogP contribution in [-0.4, -0.2) is 21.6 Å². The van der Waals surface area contributed by atoms with E-state index in [9.17, 15) is 0 Å². The van der Waals surface area contributed by atoms with Crippen molar-refractivity contribution < 1.29 is 10.5 Å². The lowest BCUT2D eigenvalue weighted by Gasteiger charge is -2.31. The zero-order chi connectivity index (χ0) is 9.71. The summed E-state index contributed by atoms with van der Waals surface area (Å²) >= 11 is 0. The zero-order valence-corrected chi connectivity index (χ0v) is 8.39. The quantitative estimate of drug-likeness (QED) is 0.379. The second-order valence-corrected chi connectivity index (χ2v) is 4.62. The summed E-state index contributed by atoms with van der Waals surface area (Å²) in [5.74, 6) is 0. The van der Waals surface area contributed by atoms with Gasteiger partial charge in [0.05, 0.1) is 0 Å². The largest absolute Gasteiger partial charge is 0.307 e. The summed E-state index contributed by atoms with van der Waals surface area (Å²) < 4.78 is 0. The lowest BCUT2D eigenvalue weighted by atomic mass is 10.0. The SMILES string of the molecule is CC(C)(C)NC(C)(C)C.OO. The van der Waals surface area contributed by atoms with Crippen molar-refractivity contribution in [2.75, 3.05) is 0 Å². The lowest BCUT2D eigenvalue weighted by molar-refractivity contribution is -0.176. The smallest absolute Gasteiger partial charge is 0.0101 e. The van der Waals surface area contributed by atoms with Gasteiger partial charge in [-0.1, -0.05) is 0 Å². The molecule has 0 radical (unpaired) electrons. The van der Waals surface area contributed by atoms with Crippen LogP contribution in [0.1, 0.15) is 41.5 Å². The van der Waals surface area contributed by atoms with Crippen molar-refractivity contribution in [1.29, 1.82) is 0 Å². The molecule has 0 aromatic rings. The minimum absolute atomic E-state index is 0.234. The summed E-state index contributed by atoms with van der Waals surface area (Å²) in [6, 6.07) is 0. The maximum absolute atomic E-state index is 6.00. The van der Waals surface area contributed by atoms with Gasteiger partial charge in [0.2, 0.25) is 0 Å². The Balaban J connectivity index is 0. The van der Waals surface area contributed by atoms with E-state index >= 15 is 0 Å². The molecule has 3 N–H and O–H groups in total. The Kier molecular flexibility index (Phi) is 5.75. The van der Waals surface area contributed by atoms with E-state index in [0.29, 0.717) is 0 Å². The fraction of sp³-hybridized carbons (Fsp3) is 1.00. The third-order valence-corrected chi connectivity index (χ3v) is 0.750. The molecule has 0 unspecified atom stereocenters. The van der Waals surface area contributed by atoms with Crippen LogP contribution in [0.4, 0.5) is 0 Å². The maximum atomic E-state index is 6.00. The Hall–Kier alpha value is -0.120. The molecule has 0 fully saturated rings. The highest BCUT2D eigenvalue weighted by atomic mass is 17.0. The maximum Gasteiger partial charge on any atom is 0.0101 e. The predicted molar refractivity (Wildman–Crippen MR) is 47.9 cm³/mol. The average Bonchev–Trinajstić information content (AvgIpc) is 1.60. The number of hydrogen-bond donors (Lipinski definition) is 3. The van der Waals surface area contributed by atoms with E-state index in [4.69, 9.17) is 10.5 Å². The first-order valence-electron chi connectivity index (χ1n) is 3.70. The van der Waals surface area contributed by atoms with Crippen LogP contribution in [0, 0.1) is 0 Å². The molecule has 0 aliphatic rings. The van der Waals surface area contributed by atoms with Gasteiger partial charge in [0.1, 0.15) is 0 Å². The number of rotatable bonds is 0. The Morgan fingerprint density at radius 3 is 0.909 bits per heavy atom. The second-order valence-electron chi connectivity index (χ2n) is 4.62. The van der Waals surface area contributed by atoms with Crippen molar-refractivity contribution in [2.45, 2.75) is 52.6 Å². The summed E-state index contributed by atoms with van der Waals surface area (Å²) in [6.07, 6.45) is 0. The van der Waals surface area contributed by atoms with Crippen LogP contribution in [0.25, 0.3) is 0 Å². The molecule has 0 aromatic carbocycles. The normalized spacial score (nSPS) is 12.0. The number of nitrogens with one attached hydrogen (secondary N) is 1. The van der Waals surface area contributed by atoms with Crippen molar-refractivity contribution in [2.24, 2.45) is 0 Å². The Labute approximate surface area is 69.4 Å². The van der Waals surface area contributed by atoms with E-state index < -0.39 is 0 Å². The van der Waals surface area contributed by atoms with Crippen molar-refractivity contribution >= 4 is 0 Å². The molecule has 3 nitrogen and oxygen atoms in total. The standard InChI is InChI=1S/C8H19N.H2O2/c1-7(2,3)9-8(4,5)6;1-2/h9H,1-6H3;1-2H. The van der Waals surface area contributed by atoms with E-state index in [-0.39, 0.29) is 11.1 Å². The summed E-state index contributed by atoms with van der Waals surface area (Å²) in [4.78, 5) is 0. The van der Waals surface area contributed by atoms with Gasteiger partial charge < -0.3 is 5.32 Å². The van der Waals surface area contributed by atoms with Crippen LogP contribution in [0.3, 0.4) is 0 Å². The molecule has 11 heavy (non-hydrogen) atoms. The van der Waals surface area contributed by atoms with Gasteiger partial charge in [0, 0.05) is 11.1 Å². The summed E-state index contributed by atoms with van der Waals surface area (Å²) in [5, 5.41) is 15.5. The summed E-state index contributed by atoms with van der Waals surface area (Å²) in [5.41, 5.74) is 0.469. The molecule has 0 aromatic heterocycles. The van der Waals surface area contributed by atoms with E-state index in [2.05, 4.69) is 46.9 Å². The molecule has 0 bridgehead atoms. The first-order valence-corrected chi connectivity index (χ1v) is 3.70. The van der Waals surface area contributed by atoms with Crippen molar-refractivity contribution in [3.63, 3.8) is 0 Å². The molecule has 0 heterocycles. The van der Waals surface area contributed by atoms with Crippen molar-refractivity contribution in [3.8, 4) is 0 Å². The van der Waals surface area contributed by atoms with Crippen LogP contribution in [0.5, 0.6) is 0 Å². The first-order chi connectivity index (χ1) is 4.71. The van der Waals surface area contributed by atoms with Gasteiger partial charge in [0.15, 0.2) is 0 Å². The topological polar surface area (TPSA) is 52.5 Å². The van der Waals surface area contributed by atoms with Crippen LogP contribution in [0.2, 0.25) is 0 Å². The van der Waals surface area contributed by atoms with Crippen molar-refractivity contribution in [3.05, 3.63) is 0 Å². The van der Waals surface area contributed by atoms with Crippen LogP contribution < -0.4 is 5.32 Å². The van der Waals surface area contributed by atoms with Crippen molar-refractivity contribution in [1.82, 2.24) is 5.32 Å². The molecule has 0 spiro atoms. The average molecular weight is 163 g/mol. The highest BCUT2D eigenvalue weighted by Crippen LogP contribution is 2.08. The van der Waals surface area contributed by atoms with Crippen LogP contribution in [0.15, 0.2) is 0 Å². The van der Waals surface area contributed by atoms with Gasteiger partial charge >= 0.3 is 0 Å². The summed E-state index contributed by atoms with van der Waals surface area (Å²) in [7, 11) is 0. The Bertz CT molecular complexity index is 77.2. The van der Waals surface area contributed by atoms with E-state index in [1.165, 1.54) is 0 Å². The third-order valence-electron chi connectivity index (χ3n) is 0.750. The molecule has 0 aliphatic carbocycles. The highest BCUT2D eigenvalue weighted by molar-refractivity contribution is 4.80. The molecule has 0 saturated carbocycles. The third kappa shape index (κ3) is 17.7. The zero-order valence-electron chi connectivity index (χ0n) is 8.39. The van der Waals surface area contributed by atoms with Crippen LogP contribution in [-0.2, 0) is 0 Å². The second kappa shape index (κ2) is 4.70. The van der Waals surface area contributed by atoms with E-state index in [1.54, 1.807) is 0 Å². The molecule has 0 atom stereocenters. The number of hydrogen-bond acceptors (Lipinski definition) is 3. The fourth-order valence-electron chi connectivity index (χ4n) is 1.12. The van der Waals surface area contributed by atoms with Gasteiger partial charge in [-0.15, -0.1) is 0 Å². The summed E-state index contributed by atoms with van der Waals surface area (Å²) in [6.45, 7) is 13.1. The molecule has 3 heteroatoms. The van der Waals surface area contributed by atoms with E-state index in [1.807, 2.05) is 0 Å². The van der Waals surface area contributed by atoms with Gasteiger partial charge in [-0.25, -0.2) is 0 Å². The Morgan fingerprint density at radius 1 is 0.727 bits per heavy atom. The van der Waals surface area contributed by atoms with Gasteiger partial charge in [-0.3, -0.25) is 10.5 Å². The lowest BCUT2D eigenvalue weighted by Crippen LogP contribution is -2.48. The minimum atomic E-state index is 0.234. The molecule has 0 saturated heterocycles. The molecule has 70 valence electrons. The predicted octanol–water partition coefficient (Wildman–Crippen LogP) is 2.19. The first kappa shape index (κ1) is 13.5. The molecule has 0 amide bonds.